The van der Waals surface area contributed by atoms with Gasteiger partial charge < -0.3 is 10.2 Å². The van der Waals surface area contributed by atoms with Crippen molar-refractivity contribution in [3.05, 3.63) is 16.6 Å². The Hall–Kier alpha value is -1.43. The lowest BCUT2D eigenvalue weighted by molar-refractivity contribution is -0.146. The van der Waals surface area contributed by atoms with Gasteiger partial charge in [0.15, 0.2) is 0 Å². The van der Waals surface area contributed by atoms with Crippen LogP contribution in [0.2, 0.25) is 0 Å². The van der Waals surface area contributed by atoms with Gasteiger partial charge in [-0.25, -0.2) is 4.98 Å². The lowest BCUT2D eigenvalue weighted by Gasteiger charge is -2.39. The highest BCUT2D eigenvalue weighted by Gasteiger charge is 2.38. The number of carbonyl (C=O) groups is 2. The van der Waals surface area contributed by atoms with Crippen molar-refractivity contribution < 1.29 is 9.59 Å². The molecule has 1 aliphatic heterocycles. The van der Waals surface area contributed by atoms with Crippen molar-refractivity contribution in [3.63, 3.8) is 0 Å². The van der Waals surface area contributed by atoms with E-state index in [-0.39, 0.29) is 24.9 Å². The van der Waals surface area contributed by atoms with Crippen LogP contribution in [0.5, 0.6) is 0 Å². The molecule has 1 saturated heterocycles. The summed E-state index contributed by atoms with van der Waals surface area (Å²) >= 11 is 1.49. The summed E-state index contributed by atoms with van der Waals surface area (Å²) in [6.07, 6.45) is 1.70. The van der Waals surface area contributed by atoms with Gasteiger partial charge in [0.1, 0.15) is 11.6 Å². The van der Waals surface area contributed by atoms with Gasteiger partial charge in [0.2, 0.25) is 11.8 Å². The predicted molar refractivity (Wildman–Crippen MR) is 59.9 cm³/mol. The fourth-order valence-corrected chi connectivity index (χ4v) is 2.48. The second-order valence-corrected chi connectivity index (χ2v) is 5.05. The third-order valence-electron chi connectivity index (χ3n) is 2.67. The Kier molecular flexibility index (Phi) is 2.67. The summed E-state index contributed by atoms with van der Waals surface area (Å²) in [6, 6.07) is 0. The van der Waals surface area contributed by atoms with Crippen molar-refractivity contribution >= 4 is 23.2 Å². The van der Waals surface area contributed by atoms with Gasteiger partial charge in [-0.1, -0.05) is 0 Å². The molecule has 1 aromatic heterocycles. The van der Waals surface area contributed by atoms with Gasteiger partial charge >= 0.3 is 0 Å². The van der Waals surface area contributed by atoms with Crippen molar-refractivity contribution in [1.82, 2.24) is 15.2 Å². The number of piperazine rings is 1. The summed E-state index contributed by atoms with van der Waals surface area (Å²) < 4.78 is 0. The van der Waals surface area contributed by atoms with Crippen molar-refractivity contribution in [3.8, 4) is 0 Å². The van der Waals surface area contributed by atoms with Crippen molar-refractivity contribution in [2.45, 2.75) is 19.4 Å². The SMILES string of the molecule is CC(C)(c1nccs1)N1CC(=O)NCC1=O. The van der Waals surface area contributed by atoms with Crippen LogP contribution < -0.4 is 5.32 Å². The largest absolute Gasteiger partial charge is 0.345 e. The fourth-order valence-electron chi connectivity index (χ4n) is 1.71. The molecule has 0 aromatic carbocycles. The molecule has 0 unspecified atom stereocenters. The molecule has 2 heterocycles. The molecule has 2 amide bonds. The minimum Gasteiger partial charge on any atom is -0.345 e. The van der Waals surface area contributed by atoms with E-state index in [0.717, 1.165) is 5.01 Å². The molecule has 0 bridgehead atoms. The van der Waals surface area contributed by atoms with E-state index in [0.29, 0.717) is 0 Å². The van der Waals surface area contributed by atoms with Gasteiger partial charge in [0.25, 0.3) is 0 Å². The summed E-state index contributed by atoms with van der Waals surface area (Å²) in [4.78, 5) is 28.9. The zero-order valence-corrected chi connectivity index (χ0v) is 10.0. The highest BCUT2D eigenvalue weighted by atomic mass is 32.1. The van der Waals surface area contributed by atoms with Gasteiger partial charge in [0.05, 0.1) is 12.1 Å². The molecule has 0 atom stereocenters. The Morgan fingerprint density at radius 2 is 2.25 bits per heavy atom. The van der Waals surface area contributed by atoms with Crippen LogP contribution >= 0.6 is 11.3 Å². The Morgan fingerprint density at radius 1 is 1.50 bits per heavy atom. The second-order valence-electron chi connectivity index (χ2n) is 4.15. The van der Waals surface area contributed by atoms with Crippen molar-refractivity contribution in [1.29, 1.82) is 0 Å². The Balaban J connectivity index is 2.28. The normalized spacial score (nSPS) is 17.5. The number of carbonyl (C=O) groups excluding carboxylic acids is 2. The first-order valence-corrected chi connectivity index (χ1v) is 5.87. The van der Waals surface area contributed by atoms with Crippen LogP contribution in [-0.2, 0) is 15.1 Å². The third-order valence-corrected chi connectivity index (χ3v) is 3.76. The van der Waals surface area contributed by atoms with Crippen LogP contribution in [-0.4, -0.2) is 34.8 Å². The summed E-state index contributed by atoms with van der Waals surface area (Å²) in [5.41, 5.74) is -0.525. The highest BCUT2D eigenvalue weighted by molar-refractivity contribution is 7.09. The van der Waals surface area contributed by atoms with Gasteiger partial charge in [-0.05, 0) is 13.8 Å². The van der Waals surface area contributed by atoms with Crippen LogP contribution in [0.15, 0.2) is 11.6 Å². The number of amides is 2. The maximum atomic E-state index is 11.8. The van der Waals surface area contributed by atoms with Crippen molar-refractivity contribution in [2.24, 2.45) is 0 Å². The number of rotatable bonds is 2. The average molecular weight is 239 g/mol. The molecular weight excluding hydrogens is 226 g/mol. The zero-order chi connectivity index (χ0) is 11.8. The van der Waals surface area contributed by atoms with Gasteiger partial charge in [-0.2, -0.15) is 0 Å². The van der Waals surface area contributed by atoms with Gasteiger partial charge in [-0.15, -0.1) is 11.3 Å². The standard InChI is InChI=1S/C10H13N3O2S/c1-10(2,9-11-3-4-16-9)13-6-7(14)12-5-8(13)15/h3-4H,5-6H2,1-2H3,(H,12,14). The lowest BCUT2D eigenvalue weighted by Crippen LogP contribution is -2.57. The summed E-state index contributed by atoms with van der Waals surface area (Å²) in [7, 11) is 0. The molecule has 86 valence electrons. The third kappa shape index (κ3) is 1.80. The molecule has 5 nitrogen and oxygen atoms in total. The molecule has 1 aromatic rings. The molecule has 1 N–H and O–H groups in total. The topological polar surface area (TPSA) is 62.3 Å². The van der Waals surface area contributed by atoms with Gasteiger partial charge in [0, 0.05) is 11.6 Å². The maximum absolute atomic E-state index is 11.8. The smallest absolute Gasteiger partial charge is 0.243 e. The van der Waals surface area contributed by atoms with Crippen LogP contribution in [0.3, 0.4) is 0 Å². The first kappa shape index (κ1) is 11.1. The fraction of sp³-hybridized carbons (Fsp3) is 0.500. The highest BCUT2D eigenvalue weighted by Crippen LogP contribution is 2.29. The predicted octanol–water partition coefficient (Wildman–Crippen LogP) is 0.337. The van der Waals surface area contributed by atoms with E-state index in [9.17, 15) is 9.59 Å². The minimum atomic E-state index is -0.525. The number of aromatic nitrogens is 1. The van der Waals surface area contributed by atoms with E-state index in [1.165, 1.54) is 11.3 Å². The molecule has 1 aliphatic rings. The lowest BCUT2D eigenvalue weighted by atomic mass is 10.0. The minimum absolute atomic E-state index is 0.0696. The number of nitrogens with one attached hydrogen (secondary N) is 1. The molecule has 6 heteroatoms. The Bertz CT molecular complexity index is 414. The first-order valence-electron chi connectivity index (χ1n) is 4.99. The Labute approximate surface area is 97.5 Å². The van der Waals surface area contributed by atoms with E-state index in [1.807, 2.05) is 19.2 Å². The maximum Gasteiger partial charge on any atom is 0.243 e. The molecule has 1 fully saturated rings. The molecule has 0 aliphatic carbocycles. The zero-order valence-electron chi connectivity index (χ0n) is 9.19. The van der Waals surface area contributed by atoms with Crippen molar-refractivity contribution in [2.75, 3.05) is 13.1 Å². The Morgan fingerprint density at radius 3 is 2.88 bits per heavy atom. The molecule has 2 rings (SSSR count). The van der Waals surface area contributed by atoms with E-state index in [2.05, 4.69) is 10.3 Å². The summed E-state index contributed by atoms with van der Waals surface area (Å²) in [6.45, 7) is 3.99. The van der Waals surface area contributed by atoms with E-state index in [1.54, 1.807) is 11.1 Å². The van der Waals surface area contributed by atoms with E-state index in [4.69, 9.17) is 0 Å². The van der Waals surface area contributed by atoms with Crippen LogP contribution in [0.1, 0.15) is 18.9 Å². The average Bonchev–Trinajstić information content (AvgIpc) is 2.75. The number of thiazole rings is 1. The van der Waals surface area contributed by atoms with E-state index < -0.39 is 5.54 Å². The number of nitrogens with zero attached hydrogens (tertiary/aromatic N) is 2. The van der Waals surface area contributed by atoms with E-state index >= 15 is 0 Å². The summed E-state index contributed by atoms with van der Waals surface area (Å²) in [5, 5.41) is 5.24. The van der Waals surface area contributed by atoms with Crippen LogP contribution in [0.25, 0.3) is 0 Å². The quantitative estimate of drug-likeness (QED) is 0.809. The molecular formula is C10H13N3O2S. The number of hydrogen-bond acceptors (Lipinski definition) is 4. The van der Waals surface area contributed by atoms with Crippen LogP contribution in [0, 0.1) is 0 Å². The first-order chi connectivity index (χ1) is 7.51. The van der Waals surface area contributed by atoms with Gasteiger partial charge in [-0.3, -0.25) is 9.59 Å². The summed E-state index contributed by atoms with van der Waals surface area (Å²) in [5.74, 6) is -0.191. The molecule has 0 spiro atoms. The molecule has 0 radical (unpaired) electrons. The number of hydrogen-bond donors (Lipinski definition) is 1. The molecule has 0 saturated carbocycles. The molecule has 16 heavy (non-hydrogen) atoms. The monoisotopic (exact) mass is 239 g/mol. The van der Waals surface area contributed by atoms with Crippen LogP contribution in [0.4, 0.5) is 0 Å². The second kappa shape index (κ2) is 3.86.